The number of hydrogen-bond acceptors (Lipinski definition) is 3. The van der Waals surface area contributed by atoms with Crippen LogP contribution < -0.4 is 5.32 Å². The van der Waals surface area contributed by atoms with Crippen LogP contribution in [-0.4, -0.2) is 54.5 Å². The Hall–Kier alpha value is -0.190. The quantitative estimate of drug-likeness (QED) is 0.635. The molecule has 0 amide bonds. The molecule has 0 aliphatic carbocycles. The van der Waals surface area contributed by atoms with Crippen molar-refractivity contribution in [3.63, 3.8) is 0 Å². The van der Waals surface area contributed by atoms with Gasteiger partial charge in [0.25, 0.3) is 0 Å². The van der Waals surface area contributed by atoms with Gasteiger partial charge in [-0.2, -0.15) is 0 Å². The van der Waals surface area contributed by atoms with E-state index in [1.807, 2.05) is 0 Å². The summed E-state index contributed by atoms with van der Waals surface area (Å²) in [7, 11) is 0. The van der Waals surface area contributed by atoms with Gasteiger partial charge >= 0.3 is 0 Å². The Kier molecular flexibility index (Phi) is 3.36. The van der Waals surface area contributed by atoms with Crippen molar-refractivity contribution in [2.45, 2.75) is 37.6 Å². The molecular weight excluding hydrogens is 183 g/mol. The van der Waals surface area contributed by atoms with E-state index in [4.69, 9.17) is 0 Å². The molecule has 2 aliphatic heterocycles. The van der Waals surface area contributed by atoms with Crippen LogP contribution in [0.3, 0.4) is 0 Å². The molecule has 0 unspecified atom stereocenters. The minimum Gasteiger partial charge on any atom is -0.393 e. The molecule has 4 heteroatoms. The van der Waals surface area contributed by atoms with E-state index in [9.17, 15) is 9.50 Å². The van der Waals surface area contributed by atoms with Crippen molar-refractivity contribution in [2.75, 3.05) is 26.2 Å². The highest BCUT2D eigenvalue weighted by Crippen LogP contribution is 2.20. The summed E-state index contributed by atoms with van der Waals surface area (Å²) in [5.74, 6) is 0. The Morgan fingerprint density at radius 1 is 1.21 bits per heavy atom. The van der Waals surface area contributed by atoms with Gasteiger partial charge in [0.05, 0.1) is 6.10 Å². The fourth-order valence-electron chi connectivity index (χ4n) is 2.44. The van der Waals surface area contributed by atoms with Crippen LogP contribution in [-0.2, 0) is 0 Å². The predicted molar refractivity (Wildman–Crippen MR) is 53.0 cm³/mol. The first-order valence-corrected chi connectivity index (χ1v) is 5.54. The van der Waals surface area contributed by atoms with Crippen LogP contribution in [0, 0.1) is 0 Å². The highest BCUT2D eigenvalue weighted by Gasteiger charge is 2.31. The number of aliphatic hydroxyl groups excluding tert-OH is 1. The van der Waals surface area contributed by atoms with Crippen molar-refractivity contribution in [3.8, 4) is 0 Å². The zero-order chi connectivity index (χ0) is 9.97. The smallest absolute Gasteiger partial charge is 0.128 e. The maximum atomic E-state index is 13.6. The van der Waals surface area contributed by atoms with Gasteiger partial charge < -0.3 is 10.4 Å². The van der Waals surface area contributed by atoms with Crippen LogP contribution in [0.2, 0.25) is 0 Å². The third-order valence-corrected chi connectivity index (χ3v) is 3.34. The van der Waals surface area contributed by atoms with Gasteiger partial charge in [-0.25, -0.2) is 4.39 Å². The lowest BCUT2D eigenvalue weighted by atomic mass is 9.99. The molecule has 2 atom stereocenters. The third-order valence-electron chi connectivity index (χ3n) is 3.34. The van der Waals surface area contributed by atoms with Gasteiger partial charge in [-0.15, -0.1) is 0 Å². The molecule has 2 N–H and O–H groups in total. The molecule has 0 bridgehead atoms. The van der Waals surface area contributed by atoms with E-state index in [2.05, 4.69) is 10.2 Å². The van der Waals surface area contributed by atoms with Gasteiger partial charge in [0.2, 0.25) is 0 Å². The molecule has 0 radical (unpaired) electrons. The Labute approximate surface area is 84.3 Å². The molecule has 0 aromatic carbocycles. The van der Waals surface area contributed by atoms with Crippen LogP contribution in [0.15, 0.2) is 0 Å². The van der Waals surface area contributed by atoms with Crippen LogP contribution in [0.25, 0.3) is 0 Å². The van der Waals surface area contributed by atoms with Gasteiger partial charge in [-0.3, -0.25) is 4.90 Å². The molecule has 82 valence electrons. The van der Waals surface area contributed by atoms with Crippen LogP contribution in [0.1, 0.15) is 19.3 Å². The molecule has 2 rings (SSSR count). The fourth-order valence-corrected chi connectivity index (χ4v) is 2.44. The largest absolute Gasteiger partial charge is 0.393 e. The Morgan fingerprint density at radius 3 is 2.57 bits per heavy atom. The summed E-state index contributed by atoms with van der Waals surface area (Å²) in [5.41, 5.74) is 0. The van der Waals surface area contributed by atoms with E-state index in [1.54, 1.807) is 0 Å². The maximum Gasteiger partial charge on any atom is 0.128 e. The number of piperidine rings is 2. The molecule has 2 aliphatic rings. The normalized spacial score (nSPS) is 37.3. The van der Waals surface area contributed by atoms with E-state index in [0.29, 0.717) is 6.54 Å². The predicted octanol–water partition coefficient (Wildman–Crippen LogP) is 0.143. The molecule has 0 saturated carbocycles. The van der Waals surface area contributed by atoms with E-state index in [1.165, 1.54) is 0 Å². The van der Waals surface area contributed by atoms with E-state index < -0.39 is 6.17 Å². The molecule has 0 aromatic heterocycles. The van der Waals surface area contributed by atoms with Gasteiger partial charge in [0.15, 0.2) is 0 Å². The molecular formula is C10H19FN2O. The van der Waals surface area contributed by atoms with Crippen molar-refractivity contribution in [1.82, 2.24) is 10.2 Å². The number of alkyl halides is 1. The number of halogens is 1. The number of likely N-dealkylation sites (tertiary alicyclic amines) is 1. The number of nitrogens with zero attached hydrogens (tertiary/aromatic N) is 1. The first-order chi connectivity index (χ1) is 6.77. The second-order valence-corrected chi connectivity index (χ2v) is 4.34. The molecule has 14 heavy (non-hydrogen) atoms. The number of nitrogens with one attached hydrogen (secondary N) is 1. The van der Waals surface area contributed by atoms with Crippen molar-refractivity contribution in [3.05, 3.63) is 0 Å². The van der Waals surface area contributed by atoms with Crippen LogP contribution in [0.5, 0.6) is 0 Å². The molecule has 0 spiro atoms. The van der Waals surface area contributed by atoms with E-state index in [-0.39, 0.29) is 12.1 Å². The minimum atomic E-state index is -0.737. The summed E-state index contributed by atoms with van der Waals surface area (Å²) < 4.78 is 13.6. The summed E-state index contributed by atoms with van der Waals surface area (Å²) in [4.78, 5) is 2.21. The highest BCUT2D eigenvalue weighted by molar-refractivity contribution is 4.87. The van der Waals surface area contributed by atoms with Crippen molar-refractivity contribution in [1.29, 1.82) is 0 Å². The average molecular weight is 202 g/mol. The standard InChI is InChI=1S/C10H19FN2O/c11-9-7-12-4-1-10(9)13-5-2-8(14)3-6-13/h8-10,12,14H,1-7H2/t9-,10+/m0/s1. The van der Waals surface area contributed by atoms with Gasteiger partial charge in [0.1, 0.15) is 6.17 Å². The Morgan fingerprint density at radius 2 is 1.93 bits per heavy atom. The summed E-state index contributed by atoms with van der Waals surface area (Å²) in [6.07, 6.45) is 1.61. The van der Waals surface area contributed by atoms with Crippen LogP contribution >= 0.6 is 0 Å². The monoisotopic (exact) mass is 202 g/mol. The number of hydrogen-bond donors (Lipinski definition) is 2. The van der Waals surface area contributed by atoms with Crippen molar-refractivity contribution in [2.24, 2.45) is 0 Å². The average Bonchev–Trinajstić information content (AvgIpc) is 2.20. The summed E-state index contributed by atoms with van der Waals surface area (Å²) >= 11 is 0. The third kappa shape index (κ3) is 2.24. The Balaban J connectivity index is 1.87. The van der Waals surface area contributed by atoms with E-state index in [0.717, 1.165) is 38.9 Å². The zero-order valence-corrected chi connectivity index (χ0v) is 8.45. The summed E-state index contributed by atoms with van der Waals surface area (Å²) in [5, 5.41) is 12.4. The number of rotatable bonds is 1. The summed E-state index contributed by atoms with van der Waals surface area (Å²) in [6.45, 7) is 3.12. The first kappa shape index (κ1) is 10.3. The van der Waals surface area contributed by atoms with Crippen molar-refractivity contribution >= 4 is 0 Å². The lowest BCUT2D eigenvalue weighted by Gasteiger charge is -2.39. The maximum absolute atomic E-state index is 13.6. The SMILES string of the molecule is OC1CCN([C@@H]2CCNC[C@@H]2F)CC1. The molecule has 2 saturated heterocycles. The van der Waals surface area contributed by atoms with Crippen molar-refractivity contribution < 1.29 is 9.50 Å². The van der Waals surface area contributed by atoms with Gasteiger partial charge in [-0.1, -0.05) is 0 Å². The molecule has 3 nitrogen and oxygen atoms in total. The molecule has 2 fully saturated rings. The van der Waals surface area contributed by atoms with E-state index >= 15 is 0 Å². The van der Waals surface area contributed by atoms with Gasteiger partial charge in [-0.05, 0) is 25.8 Å². The highest BCUT2D eigenvalue weighted by atomic mass is 19.1. The lowest BCUT2D eigenvalue weighted by Crippen LogP contribution is -2.53. The number of aliphatic hydroxyl groups is 1. The fraction of sp³-hybridized carbons (Fsp3) is 1.00. The second-order valence-electron chi connectivity index (χ2n) is 4.34. The van der Waals surface area contributed by atoms with Gasteiger partial charge in [0, 0.05) is 25.7 Å². The second kappa shape index (κ2) is 4.55. The Bertz CT molecular complexity index is 183. The topological polar surface area (TPSA) is 35.5 Å². The minimum absolute atomic E-state index is 0.0868. The molecule has 2 heterocycles. The first-order valence-electron chi connectivity index (χ1n) is 5.54. The zero-order valence-electron chi connectivity index (χ0n) is 8.45. The lowest BCUT2D eigenvalue weighted by molar-refractivity contribution is 0.0240. The molecule has 0 aromatic rings. The van der Waals surface area contributed by atoms with Crippen LogP contribution in [0.4, 0.5) is 4.39 Å². The summed E-state index contributed by atoms with van der Waals surface area (Å²) in [6, 6.07) is 0.0868.